The standard InChI is InChI=1S/C60H42/c1-41-23-37-48(38-24-41)60(56-21-11-9-15-50(56)51-16-10-12-22-57(51)60)49-39-35-47(36-40-49)59-54-19-7-5-17-52(54)58(53-18-6-8-20-55(53)59)46-33-29-43(30-34-46)26-25-42-27-31-45(32-28-42)44-13-3-2-4-14-44/h2-40H,1H3. The molecular weight excluding hydrogens is 721 g/mol. The summed E-state index contributed by atoms with van der Waals surface area (Å²) in [6.45, 7) is 2.17. The summed E-state index contributed by atoms with van der Waals surface area (Å²) in [6, 6.07) is 82.8. The zero-order chi connectivity index (χ0) is 40.0. The van der Waals surface area contributed by atoms with E-state index in [1.54, 1.807) is 0 Å². The van der Waals surface area contributed by atoms with Gasteiger partial charge in [0.05, 0.1) is 5.41 Å². The van der Waals surface area contributed by atoms with Gasteiger partial charge in [-0.1, -0.05) is 242 Å². The molecule has 0 N–H and O–H groups in total. The number of rotatable bonds is 7. The van der Waals surface area contributed by atoms with Crippen molar-refractivity contribution in [2.24, 2.45) is 0 Å². The molecule has 1 aliphatic rings. The Kier molecular flexibility index (Phi) is 8.72. The second kappa shape index (κ2) is 14.7. The summed E-state index contributed by atoms with van der Waals surface area (Å²) >= 11 is 0. The van der Waals surface area contributed by atoms with Crippen LogP contribution in [0.1, 0.15) is 38.9 Å². The first-order chi connectivity index (χ1) is 29.7. The Morgan fingerprint density at radius 2 is 0.650 bits per heavy atom. The lowest BCUT2D eigenvalue weighted by Gasteiger charge is -2.34. The fourth-order valence-electron chi connectivity index (χ4n) is 9.84. The Balaban J connectivity index is 0.994. The molecule has 0 atom stereocenters. The van der Waals surface area contributed by atoms with Crippen molar-refractivity contribution in [3.8, 4) is 44.5 Å². The fraction of sp³-hybridized carbons (Fsp3) is 0.0333. The van der Waals surface area contributed by atoms with Crippen LogP contribution in [-0.2, 0) is 5.41 Å². The van der Waals surface area contributed by atoms with Gasteiger partial charge in [0.15, 0.2) is 0 Å². The minimum atomic E-state index is -0.429. The van der Waals surface area contributed by atoms with Crippen molar-refractivity contribution in [1.82, 2.24) is 0 Å². The molecule has 1 aliphatic carbocycles. The van der Waals surface area contributed by atoms with Gasteiger partial charge in [0.2, 0.25) is 0 Å². The molecule has 60 heavy (non-hydrogen) atoms. The van der Waals surface area contributed by atoms with Crippen LogP contribution in [0.4, 0.5) is 0 Å². The van der Waals surface area contributed by atoms with Gasteiger partial charge >= 0.3 is 0 Å². The largest absolute Gasteiger partial charge is 0.0713 e. The normalized spacial score (nSPS) is 12.8. The number of hydrogen-bond donors (Lipinski definition) is 0. The summed E-state index contributed by atoms with van der Waals surface area (Å²) in [5.41, 5.74) is 18.5. The molecule has 0 radical (unpaired) electrons. The highest BCUT2D eigenvalue weighted by molar-refractivity contribution is 6.21. The summed E-state index contributed by atoms with van der Waals surface area (Å²) in [5.74, 6) is 0. The van der Waals surface area contributed by atoms with Crippen LogP contribution >= 0.6 is 0 Å². The first-order valence-electron chi connectivity index (χ1n) is 20.9. The SMILES string of the molecule is Cc1ccc(C2(c3ccc(-c4c5ccccc5c(-c5ccc(C=Cc6ccc(-c7ccccc7)cc6)cc5)c5ccccc45)cc3)c3ccccc3-c3ccccc32)cc1. The van der Waals surface area contributed by atoms with E-state index in [0.717, 1.165) is 0 Å². The molecule has 0 bridgehead atoms. The van der Waals surface area contributed by atoms with Crippen molar-refractivity contribution in [3.05, 3.63) is 263 Å². The average Bonchev–Trinajstić information content (AvgIpc) is 3.62. The van der Waals surface area contributed by atoms with Gasteiger partial charge in [-0.2, -0.15) is 0 Å². The zero-order valence-electron chi connectivity index (χ0n) is 33.5. The van der Waals surface area contributed by atoms with Crippen LogP contribution in [0.25, 0.3) is 78.2 Å². The highest BCUT2D eigenvalue weighted by Gasteiger charge is 2.45. The van der Waals surface area contributed by atoms with Crippen LogP contribution in [0, 0.1) is 6.92 Å². The Hall–Kier alpha value is -7.54. The maximum Gasteiger partial charge on any atom is 0.0713 e. The summed E-state index contributed by atoms with van der Waals surface area (Å²) < 4.78 is 0. The van der Waals surface area contributed by atoms with Crippen molar-refractivity contribution in [2.45, 2.75) is 12.3 Å². The smallest absolute Gasteiger partial charge is 0.0622 e. The fourth-order valence-corrected chi connectivity index (χ4v) is 9.84. The lowest BCUT2D eigenvalue weighted by molar-refractivity contribution is 0.768. The molecule has 0 saturated heterocycles. The first-order valence-corrected chi connectivity index (χ1v) is 20.9. The van der Waals surface area contributed by atoms with E-state index in [1.165, 1.54) is 105 Å². The minimum Gasteiger partial charge on any atom is -0.0622 e. The molecular formula is C60H42. The molecule has 0 heteroatoms. The predicted molar refractivity (Wildman–Crippen MR) is 255 cm³/mol. The van der Waals surface area contributed by atoms with E-state index in [0.29, 0.717) is 0 Å². The molecule has 0 heterocycles. The molecule has 0 aliphatic heterocycles. The van der Waals surface area contributed by atoms with Crippen molar-refractivity contribution < 1.29 is 0 Å². The third-order valence-corrected chi connectivity index (χ3v) is 12.7. The van der Waals surface area contributed by atoms with E-state index in [2.05, 4.69) is 244 Å². The predicted octanol–water partition coefficient (Wildman–Crippen LogP) is 15.8. The number of aryl methyl sites for hydroxylation is 1. The van der Waals surface area contributed by atoms with Gasteiger partial charge in [0, 0.05) is 0 Å². The minimum absolute atomic E-state index is 0.429. The van der Waals surface area contributed by atoms with Crippen LogP contribution in [-0.4, -0.2) is 0 Å². The second-order valence-electron chi connectivity index (χ2n) is 16.1. The number of fused-ring (bicyclic) bond motifs is 5. The van der Waals surface area contributed by atoms with Gasteiger partial charge < -0.3 is 0 Å². The average molecular weight is 763 g/mol. The molecule has 10 aromatic carbocycles. The van der Waals surface area contributed by atoms with Crippen molar-refractivity contribution in [1.29, 1.82) is 0 Å². The molecule has 0 aromatic heterocycles. The van der Waals surface area contributed by atoms with Crippen LogP contribution in [0.2, 0.25) is 0 Å². The van der Waals surface area contributed by atoms with E-state index < -0.39 is 5.41 Å². The Bertz CT molecular complexity index is 3100. The lowest BCUT2D eigenvalue weighted by Crippen LogP contribution is -2.28. The molecule has 0 saturated carbocycles. The van der Waals surface area contributed by atoms with Gasteiger partial charge in [-0.05, 0) is 106 Å². The van der Waals surface area contributed by atoms with Crippen molar-refractivity contribution in [2.75, 3.05) is 0 Å². The van der Waals surface area contributed by atoms with Gasteiger partial charge in [0.1, 0.15) is 0 Å². The van der Waals surface area contributed by atoms with E-state index >= 15 is 0 Å². The zero-order valence-corrected chi connectivity index (χ0v) is 33.5. The Morgan fingerprint density at radius 3 is 1.12 bits per heavy atom. The molecule has 0 nitrogen and oxygen atoms in total. The number of benzene rings is 10. The van der Waals surface area contributed by atoms with E-state index in [9.17, 15) is 0 Å². The maximum atomic E-state index is 2.38. The van der Waals surface area contributed by atoms with Gasteiger partial charge in [-0.3, -0.25) is 0 Å². The molecule has 282 valence electrons. The van der Waals surface area contributed by atoms with E-state index in [-0.39, 0.29) is 0 Å². The monoisotopic (exact) mass is 762 g/mol. The molecule has 0 fully saturated rings. The summed E-state index contributed by atoms with van der Waals surface area (Å²) in [6.07, 6.45) is 4.40. The van der Waals surface area contributed by atoms with Crippen LogP contribution in [0.3, 0.4) is 0 Å². The van der Waals surface area contributed by atoms with Gasteiger partial charge in [-0.15, -0.1) is 0 Å². The van der Waals surface area contributed by atoms with Gasteiger partial charge in [0.25, 0.3) is 0 Å². The third kappa shape index (κ3) is 5.83. The third-order valence-electron chi connectivity index (χ3n) is 12.7. The summed E-state index contributed by atoms with van der Waals surface area (Å²) in [7, 11) is 0. The van der Waals surface area contributed by atoms with Crippen LogP contribution in [0.5, 0.6) is 0 Å². The van der Waals surface area contributed by atoms with Crippen LogP contribution < -0.4 is 0 Å². The van der Waals surface area contributed by atoms with E-state index in [4.69, 9.17) is 0 Å². The second-order valence-corrected chi connectivity index (χ2v) is 16.1. The van der Waals surface area contributed by atoms with Gasteiger partial charge in [-0.25, -0.2) is 0 Å². The maximum absolute atomic E-state index is 2.38. The van der Waals surface area contributed by atoms with Crippen LogP contribution in [0.15, 0.2) is 224 Å². The summed E-state index contributed by atoms with van der Waals surface area (Å²) in [4.78, 5) is 0. The quantitative estimate of drug-likeness (QED) is 0.112. The summed E-state index contributed by atoms with van der Waals surface area (Å²) in [5, 5.41) is 5.03. The molecule has 11 rings (SSSR count). The Labute approximate surface area is 352 Å². The Morgan fingerprint density at radius 1 is 0.300 bits per heavy atom. The lowest BCUT2D eigenvalue weighted by atomic mass is 9.67. The van der Waals surface area contributed by atoms with E-state index in [1.807, 2.05) is 0 Å². The molecule has 0 spiro atoms. The molecule has 10 aromatic rings. The highest BCUT2D eigenvalue weighted by atomic mass is 14.5. The first kappa shape index (κ1) is 35.6. The van der Waals surface area contributed by atoms with Crippen molar-refractivity contribution >= 4 is 33.7 Å². The highest BCUT2D eigenvalue weighted by Crippen LogP contribution is 2.56. The van der Waals surface area contributed by atoms with Crippen molar-refractivity contribution in [3.63, 3.8) is 0 Å². The molecule has 0 unspecified atom stereocenters. The topological polar surface area (TPSA) is 0 Å². The number of hydrogen-bond acceptors (Lipinski definition) is 0. The molecule has 0 amide bonds.